The molecule has 2 atom stereocenters. The summed E-state index contributed by atoms with van der Waals surface area (Å²) in [6.07, 6.45) is 3.42. The van der Waals surface area contributed by atoms with Gasteiger partial charge >= 0.3 is 5.69 Å². The maximum atomic E-state index is 10.6. The highest BCUT2D eigenvalue weighted by atomic mass is 16.6. The molecule has 0 aliphatic carbocycles. The van der Waals surface area contributed by atoms with Gasteiger partial charge in [-0.15, -0.1) is 0 Å². The van der Waals surface area contributed by atoms with Crippen molar-refractivity contribution in [1.82, 2.24) is 9.78 Å². The predicted octanol–water partition coefficient (Wildman–Crippen LogP) is 0.941. The molecule has 1 aromatic rings. The lowest BCUT2D eigenvalue weighted by Crippen LogP contribution is -2.18. The van der Waals surface area contributed by atoms with E-state index in [4.69, 9.17) is 10.5 Å². The van der Waals surface area contributed by atoms with E-state index < -0.39 is 4.92 Å². The summed E-state index contributed by atoms with van der Waals surface area (Å²) in [5.41, 5.74) is 5.47. The fraction of sp³-hybridized carbons (Fsp3) is 0.667. The van der Waals surface area contributed by atoms with Gasteiger partial charge in [-0.2, -0.15) is 5.10 Å². The Bertz CT molecular complexity index is 403. The summed E-state index contributed by atoms with van der Waals surface area (Å²) >= 11 is 0. The number of nitrogens with two attached hydrogens (primary N) is 1. The predicted molar refractivity (Wildman–Crippen MR) is 56.9 cm³/mol. The Kier molecular flexibility index (Phi) is 2.78. The summed E-state index contributed by atoms with van der Waals surface area (Å²) < 4.78 is 7.04. The first-order valence-corrected chi connectivity index (χ1v) is 5.19. The van der Waals surface area contributed by atoms with E-state index in [1.807, 2.05) is 6.92 Å². The lowest BCUT2D eigenvalue weighted by molar-refractivity contribution is -0.384. The standard InChI is InChI=1S/C9H14N4O3/c1-6-2-3-7(16-6)5-12-9(10)8(4-11-12)13(14)15/h4,6-7H,2-3,5,10H2,1H3. The molecule has 16 heavy (non-hydrogen) atoms. The minimum atomic E-state index is -0.531. The van der Waals surface area contributed by atoms with Crippen LogP contribution in [-0.4, -0.2) is 26.9 Å². The fourth-order valence-electron chi connectivity index (χ4n) is 1.88. The Labute approximate surface area is 92.3 Å². The van der Waals surface area contributed by atoms with Gasteiger partial charge in [-0.05, 0) is 19.8 Å². The van der Waals surface area contributed by atoms with Crippen molar-refractivity contribution >= 4 is 11.5 Å². The first-order chi connectivity index (χ1) is 7.58. The van der Waals surface area contributed by atoms with Gasteiger partial charge in [0.1, 0.15) is 6.20 Å². The van der Waals surface area contributed by atoms with Crippen molar-refractivity contribution in [3.05, 3.63) is 16.3 Å². The highest BCUT2D eigenvalue weighted by molar-refractivity contribution is 5.51. The monoisotopic (exact) mass is 226 g/mol. The van der Waals surface area contributed by atoms with E-state index in [2.05, 4.69) is 5.10 Å². The highest BCUT2D eigenvalue weighted by Gasteiger charge is 2.25. The zero-order valence-electron chi connectivity index (χ0n) is 9.00. The SMILES string of the molecule is CC1CCC(Cn2ncc([N+](=O)[O-])c2N)O1. The minimum absolute atomic E-state index is 0.0526. The molecule has 1 aliphatic heterocycles. The Morgan fingerprint density at radius 3 is 3.00 bits per heavy atom. The molecule has 0 saturated carbocycles. The normalized spacial score (nSPS) is 24.8. The van der Waals surface area contributed by atoms with Crippen LogP contribution in [0.25, 0.3) is 0 Å². The molecule has 2 heterocycles. The van der Waals surface area contributed by atoms with Crippen molar-refractivity contribution in [3.8, 4) is 0 Å². The van der Waals surface area contributed by atoms with Crippen LogP contribution in [0.2, 0.25) is 0 Å². The minimum Gasteiger partial charge on any atom is -0.378 e. The third kappa shape index (κ3) is 1.99. The second-order valence-corrected chi connectivity index (χ2v) is 4.00. The molecule has 0 aromatic carbocycles. The highest BCUT2D eigenvalue weighted by Crippen LogP contribution is 2.24. The number of rotatable bonds is 3. The fourth-order valence-corrected chi connectivity index (χ4v) is 1.88. The van der Waals surface area contributed by atoms with Crippen LogP contribution in [0.1, 0.15) is 19.8 Å². The molecule has 7 nitrogen and oxygen atoms in total. The summed E-state index contributed by atoms with van der Waals surface area (Å²) in [5.74, 6) is 0.0909. The topological polar surface area (TPSA) is 96.2 Å². The third-order valence-corrected chi connectivity index (χ3v) is 2.75. The van der Waals surface area contributed by atoms with E-state index in [0.29, 0.717) is 6.54 Å². The second-order valence-electron chi connectivity index (χ2n) is 4.00. The smallest absolute Gasteiger partial charge is 0.330 e. The molecule has 88 valence electrons. The number of nitrogens with zero attached hydrogens (tertiary/aromatic N) is 3. The Hall–Kier alpha value is -1.63. The van der Waals surface area contributed by atoms with Crippen LogP contribution in [0.15, 0.2) is 6.20 Å². The van der Waals surface area contributed by atoms with Crippen molar-refractivity contribution in [2.75, 3.05) is 5.73 Å². The molecule has 2 rings (SSSR count). The van der Waals surface area contributed by atoms with Crippen molar-refractivity contribution < 1.29 is 9.66 Å². The summed E-state index contributed by atoms with van der Waals surface area (Å²) in [5, 5.41) is 14.5. The van der Waals surface area contributed by atoms with Gasteiger partial charge < -0.3 is 10.5 Å². The van der Waals surface area contributed by atoms with Crippen LogP contribution in [0, 0.1) is 10.1 Å². The number of nitrogen functional groups attached to an aromatic ring is 1. The van der Waals surface area contributed by atoms with E-state index in [-0.39, 0.29) is 23.7 Å². The van der Waals surface area contributed by atoms with Gasteiger partial charge in [0, 0.05) is 0 Å². The maximum Gasteiger partial charge on any atom is 0.330 e. The molecule has 1 saturated heterocycles. The zero-order chi connectivity index (χ0) is 11.7. The molecule has 0 amide bonds. The van der Waals surface area contributed by atoms with Crippen LogP contribution in [0.4, 0.5) is 11.5 Å². The van der Waals surface area contributed by atoms with Crippen molar-refractivity contribution in [1.29, 1.82) is 0 Å². The van der Waals surface area contributed by atoms with Crippen LogP contribution in [0.5, 0.6) is 0 Å². The number of hydrogen-bond acceptors (Lipinski definition) is 5. The summed E-state index contributed by atoms with van der Waals surface area (Å²) in [6.45, 7) is 2.49. The largest absolute Gasteiger partial charge is 0.378 e. The van der Waals surface area contributed by atoms with E-state index in [1.54, 1.807) is 0 Å². The van der Waals surface area contributed by atoms with Crippen LogP contribution >= 0.6 is 0 Å². The number of nitro groups is 1. The molecule has 0 radical (unpaired) electrons. The summed E-state index contributed by atoms with van der Waals surface area (Å²) in [6, 6.07) is 0. The third-order valence-electron chi connectivity index (χ3n) is 2.75. The Morgan fingerprint density at radius 2 is 2.50 bits per heavy atom. The van der Waals surface area contributed by atoms with E-state index in [9.17, 15) is 10.1 Å². The first-order valence-electron chi connectivity index (χ1n) is 5.19. The van der Waals surface area contributed by atoms with Crippen molar-refractivity contribution in [2.45, 2.75) is 38.5 Å². The molecule has 7 heteroatoms. The number of hydrogen-bond donors (Lipinski definition) is 1. The van der Waals surface area contributed by atoms with Crippen LogP contribution in [0.3, 0.4) is 0 Å². The van der Waals surface area contributed by atoms with Crippen LogP contribution < -0.4 is 5.73 Å². The lowest BCUT2D eigenvalue weighted by atomic mass is 10.2. The summed E-state index contributed by atoms with van der Waals surface area (Å²) in [7, 11) is 0. The zero-order valence-corrected chi connectivity index (χ0v) is 9.00. The average molecular weight is 226 g/mol. The molecular formula is C9H14N4O3. The van der Waals surface area contributed by atoms with Gasteiger partial charge in [0.15, 0.2) is 0 Å². The molecule has 0 spiro atoms. The average Bonchev–Trinajstić information content (AvgIpc) is 2.76. The Balaban J connectivity index is 2.07. The van der Waals surface area contributed by atoms with E-state index >= 15 is 0 Å². The number of aromatic nitrogens is 2. The van der Waals surface area contributed by atoms with E-state index in [1.165, 1.54) is 10.9 Å². The summed E-state index contributed by atoms with van der Waals surface area (Å²) in [4.78, 5) is 10.0. The molecular weight excluding hydrogens is 212 g/mol. The molecule has 1 aromatic heterocycles. The maximum absolute atomic E-state index is 10.6. The number of anilines is 1. The molecule has 1 aliphatic rings. The lowest BCUT2D eigenvalue weighted by Gasteiger charge is -2.11. The Morgan fingerprint density at radius 1 is 1.75 bits per heavy atom. The first kappa shape index (κ1) is 10.9. The van der Waals surface area contributed by atoms with Crippen LogP contribution in [-0.2, 0) is 11.3 Å². The van der Waals surface area contributed by atoms with Gasteiger partial charge in [0.25, 0.3) is 0 Å². The molecule has 1 fully saturated rings. The van der Waals surface area contributed by atoms with Gasteiger partial charge in [-0.25, -0.2) is 4.68 Å². The van der Waals surface area contributed by atoms with Gasteiger partial charge in [0.2, 0.25) is 5.82 Å². The molecule has 0 bridgehead atoms. The van der Waals surface area contributed by atoms with Gasteiger partial charge in [0.05, 0.1) is 23.7 Å². The molecule has 2 N–H and O–H groups in total. The van der Waals surface area contributed by atoms with Crippen molar-refractivity contribution in [2.24, 2.45) is 0 Å². The van der Waals surface area contributed by atoms with E-state index in [0.717, 1.165) is 12.8 Å². The number of ether oxygens (including phenoxy) is 1. The van der Waals surface area contributed by atoms with Crippen molar-refractivity contribution in [3.63, 3.8) is 0 Å². The van der Waals surface area contributed by atoms with Gasteiger partial charge in [-0.1, -0.05) is 0 Å². The second kappa shape index (κ2) is 4.09. The quantitative estimate of drug-likeness (QED) is 0.611. The van der Waals surface area contributed by atoms with Gasteiger partial charge in [-0.3, -0.25) is 10.1 Å². The molecule has 2 unspecified atom stereocenters.